The minimum Gasteiger partial charge on any atom is -0.381 e. The van der Waals surface area contributed by atoms with Crippen LogP contribution < -0.4 is 0 Å². The number of hydrogen-bond acceptors (Lipinski definition) is 4. The fourth-order valence-corrected chi connectivity index (χ4v) is 3.48. The summed E-state index contributed by atoms with van der Waals surface area (Å²) in [5, 5.41) is 6.38. The van der Waals surface area contributed by atoms with Crippen LogP contribution in [0.2, 0.25) is 0 Å². The van der Waals surface area contributed by atoms with Crippen LogP contribution in [-0.2, 0) is 29.0 Å². The van der Waals surface area contributed by atoms with Gasteiger partial charge in [0.25, 0.3) is 0 Å². The number of ether oxygens (including phenoxy) is 1. The van der Waals surface area contributed by atoms with E-state index < -0.39 is 0 Å². The molecular formula is C16H21N3O2S. The fraction of sp³-hybridized carbons (Fsp3) is 0.500. The van der Waals surface area contributed by atoms with E-state index in [9.17, 15) is 4.79 Å². The number of fused-ring (bicyclic) bond motifs is 1. The molecule has 3 heterocycles. The van der Waals surface area contributed by atoms with Crippen LogP contribution in [0.4, 0.5) is 0 Å². The third-order valence-electron chi connectivity index (χ3n) is 3.88. The Morgan fingerprint density at radius 1 is 1.45 bits per heavy atom. The van der Waals surface area contributed by atoms with Gasteiger partial charge in [-0.3, -0.25) is 9.48 Å². The summed E-state index contributed by atoms with van der Waals surface area (Å²) in [7, 11) is 0. The summed E-state index contributed by atoms with van der Waals surface area (Å²) in [5.74, 6) is 0.465. The Morgan fingerprint density at radius 2 is 2.36 bits per heavy atom. The zero-order valence-electron chi connectivity index (χ0n) is 12.8. The van der Waals surface area contributed by atoms with Gasteiger partial charge in [0, 0.05) is 36.7 Å². The highest BCUT2D eigenvalue weighted by Gasteiger charge is 2.25. The van der Waals surface area contributed by atoms with Crippen LogP contribution in [0, 0.1) is 5.92 Å². The maximum absolute atomic E-state index is 12.6. The molecule has 2 aromatic heterocycles. The molecule has 1 aliphatic rings. The number of aromatic nitrogens is 2. The minimum absolute atomic E-state index is 0.179. The Kier molecular flexibility index (Phi) is 4.90. The number of nitrogens with zero attached hydrogens (tertiary/aromatic N) is 3. The molecule has 0 radical (unpaired) electrons. The van der Waals surface area contributed by atoms with E-state index in [4.69, 9.17) is 4.74 Å². The summed E-state index contributed by atoms with van der Waals surface area (Å²) in [6.07, 6.45) is 2.29. The van der Waals surface area contributed by atoms with Gasteiger partial charge in [0.1, 0.15) is 0 Å². The van der Waals surface area contributed by atoms with Crippen LogP contribution in [0.3, 0.4) is 0 Å². The van der Waals surface area contributed by atoms with Crippen molar-refractivity contribution in [2.45, 2.75) is 26.4 Å². The normalized spacial score (nSPS) is 18.0. The van der Waals surface area contributed by atoms with E-state index >= 15 is 0 Å². The van der Waals surface area contributed by atoms with Crippen molar-refractivity contribution in [3.63, 3.8) is 0 Å². The van der Waals surface area contributed by atoms with Gasteiger partial charge in [-0.15, -0.1) is 11.3 Å². The molecule has 0 unspecified atom stereocenters. The number of hydrogen-bond donors (Lipinski definition) is 0. The minimum atomic E-state index is 0.179. The first kappa shape index (κ1) is 15.2. The molecule has 0 N–H and O–H groups in total. The lowest BCUT2D eigenvalue weighted by Gasteiger charge is -2.24. The summed E-state index contributed by atoms with van der Waals surface area (Å²) < 4.78 is 7.58. The molecule has 118 valence electrons. The first-order valence-corrected chi connectivity index (χ1v) is 8.52. The Morgan fingerprint density at radius 3 is 3.14 bits per heavy atom. The molecule has 0 bridgehead atoms. The molecule has 3 rings (SSSR count). The maximum atomic E-state index is 12.6. The van der Waals surface area contributed by atoms with Crippen LogP contribution in [0.25, 0.3) is 0 Å². The van der Waals surface area contributed by atoms with Gasteiger partial charge in [0.15, 0.2) is 0 Å². The van der Waals surface area contributed by atoms with Crippen LogP contribution in [0.5, 0.6) is 0 Å². The molecule has 1 atom stereocenters. The molecule has 0 saturated carbocycles. The molecule has 0 aromatic carbocycles. The maximum Gasteiger partial charge on any atom is 0.228 e. The van der Waals surface area contributed by atoms with E-state index in [2.05, 4.69) is 5.10 Å². The molecule has 1 aliphatic heterocycles. The predicted molar refractivity (Wildman–Crippen MR) is 85.7 cm³/mol. The summed E-state index contributed by atoms with van der Waals surface area (Å²) >= 11 is 1.63. The highest BCUT2D eigenvalue weighted by molar-refractivity contribution is 7.10. The smallest absolute Gasteiger partial charge is 0.228 e. The highest BCUT2D eigenvalue weighted by Crippen LogP contribution is 2.18. The molecule has 5 nitrogen and oxygen atoms in total. The molecule has 22 heavy (non-hydrogen) atoms. The number of carbonyl (C=O) groups is 1. The third-order valence-corrected chi connectivity index (χ3v) is 4.76. The Hall–Kier alpha value is -1.66. The SMILES string of the molecule is CCOC[C@H]1CN(C(=O)Cc2cccs2)Cc2ccnn2C1. The molecule has 2 aromatic rings. The molecule has 0 spiro atoms. The molecular weight excluding hydrogens is 298 g/mol. The summed E-state index contributed by atoms with van der Waals surface area (Å²) in [5.41, 5.74) is 1.10. The monoisotopic (exact) mass is 319 g/mol. The van der Waals surface area contributed by atoms with Gasteiger partial charge in [-0.25, -0.2) is 0 Å². The van der Waals surface area contributed by atoms with Crippen molar-refractivity contribution in [2.24, 2.45) is 5.92 Å². The highest BCUT2D eigenvalue weighted by atomic mass is 32.1. The van der Waals surface area contributed by atoms with E-state index in [-0.39, 0.29) is 11.8 Å². The molecule has 1 amide bonds. The number of amides is 1. The lowest BCUT2D eigenvalue weighted by Crippen LogP contribution is -2.36. The van der Waals surface area contributed by atoms with Crippen molar-refractivity contribution in [2.75, 3.05) is 19.8 Å². The predicted octanol–water partition coefficient (Wildman–Crippen LogP) is 2.18. The van der Waals surface area contributed by atoms with Crippen molar-refractivity contribution < 1.29 is 9.53 Å². The Labute approximate surface area is 134 Å². The number of rotatable bonds is 5. The average Bonchev–Trinajstić information content (AvgIpc) is 3.13. The lowest BCUT2D eigenvalue weighted by atomic mass is 10.1. The standard InChI is InChI=1S/C16H21N3O2S/c1-2-21-12-13-9-18(11-14-5-6-17-19(14)10-13)16(20)8-15-4-3-7-22-15/h3-7,13H,2,8-12H2,1H3/t13-/m0/s1. The van der Waals surface area contributed by atoms with E-state index in [1.54, 1.807) is 17.5 Å². The largest absolute Gasteiger partial charge is 0.381 e. The van der Waals surface area contributed by atoms with Crippen LogP contribution >= 0.6 is 11.3 Å². The fourth-order valence-electron chi connectivity index (χ4n) is 2.79. The van der Waals surface area contributed by atoms with E-state index in [0.29, 0.717) is 26.2 Å². The first-order valence-electron chi connectivity index (χ1n) is 7.65. The molecule has 0 fully saturated rings. The van der Waals surface area contributed by atoms with Crippen molar-refractivity contribution in [3.05, 3.63) is 40.3 Å². The van der Waals surface area contributed by atoms with Crippen molar-refractivity contribution in [3.8, 4) is 0 Å². The molecule has 0 saturated heterocycles. The molecule has 6 heteroatoms. The Bertz CT molecular complexity index is 609. The lowest BCUT2D eigenvalue weighted by molar-refractivity contribution is -0.131. The topological polar surface area (TPSA) is 47.4 Å². The second kappa shape index (κ2) is 7.07. The van der Waals surface area contributed by atoms with Gasteiger partial charge >= 0.3 is 0 Å². The van der Waals surface area contributed by atoms with Crippen LogP contribution in [-0.4, -0.2) is 40.3 Å². The van der Waals surface area contributed by atoms with E-state index in [1.165, 1.54) is 0 Å². The van der Waals surface area contributed by atoms with Crippen LogP contribution in [0.15, 0.2) is 29.8 Å². The van der Waals surface area contributed by atoms with Crippen LogP contribution in [0.1, 0.15) is 17.5 Å². The van der Waals surface area contributed by atoms with Crippen molar-refractivity contribution in [1.82, 2.24) is 14.7 Å². The van der Waals surface area contributed by atoms with Gasteiger partial charge in [-0.1, -0.05) is 6.07 Å². The van der Waals surface area contributed by atoms with Gasteiger partial charge in [-0.2, -0.15) is 5.10 Å². The van der Waals surface area contributed by atoms with Gasteiger partial charge < -0.3 is 9.64 Å². The van der Waals surface area contributed by atoms with Gasteiger partial charge in [-0.05, 0) is 24.4 Å². The molecule has 0 aliphatic carbocycles. The second-order valence-corrected chi connectivity index (χ2v) is 6.59. The van der Waals surface area contributed by atoms with Crippen molar-refractivity contribution in [1.29, 1.82) is 0 Å². The number of thiophene rings is 1. The zero-order chi connectivity index (χ0) is 15.4. The second-order valence-electron chi connectivity index (χ2n) is 5.56. The van der Waals surface area contributed by atoms with Gasteiger partial charge in [0.05, 0.1) is 25.3 Å². The Balaban J connectivity index is 1.73. The summed E-state index contributed by atoms with van der Waals surface area (Å²) in [6, 6.07) is 6.00. The first-order chi connectivity index (χ1) is 10.8. The summed E-state index contributed by atoms with van der Waals surface area (Å²) in [6.45, 7) is 5.53. The van der Waals surface area contributed by atoms with Crippen molar-refractivity contribution >= 4 is 17.2 Å². The average molecular weight is 319 g/mol. The van der Waals surface area contributed by atoms with E-state index in [0.717, 1.165) is 23.7 Å². The number of carbonyl (C=O) groups excluding carboxylic acids is 1. The third kappa shape index (κ3) is 3.56. The van der Waals surface area contributed by atoms with E-state index in [1.807, 2.05) is 40.1 Å². The zero-order valence-corrected chi connectivity index (χ0v) is 13.6. The van der Waals surface area contributed by atoms with Gasteiger partial charge in [0.2, 0.25) is 5.91 Å². The summed E-state index contributed by atoms with van der Waals surface area (Å²) in [4.78, 5) is 15.7. The quantitative estimate of drug-likeness (QED) is 0.849.